The summed E-state index contributed by atoms with van der Waals surface area (Å²) < 4.78 is 40.9. The summed E-state index contributed by atoms with van der Waals surface area (Å²) in [6.45, 7) is 4.11. The van der Waals surface area contributed by atoms with E-state index in [1.807, 2.05) is 13.8 Å². The summed E-state index contributed by atoms with van der Waals surface area (Å²) in [5.41, 5.74) is 0. The van der Waals surface area contributed by atoms with E-state index in [1.165, 1.54) is 0 Å². The van der Waals surface area contributed by atoms with Crippen LogP contribution in [-0.2, 0) is 19.6 Å². The predicted molar refractivity (Wildman–Crippen MR) is 68.5 cm³/mol. The molecule has 0 amide bonds. The first kappa shape index (κ1) is 17.8. The fourth-order valence-corrected chi connectivity index (χ4v) is 2.47. The summed E-state index contributed by atoms with van der Waals surface area (Å²) in [4.78, 5) is 0. The number of rotatable bonds is 6. The largest absolute Gasteiger partial charge is 0.388 e. The van der Waals surface area contributed by atoms with Crippen molar-refractivity contribution in [3.63, 3.8) is 0 Å². The quantitative estimate of drug-likeness (QED) is 0.447. The van der Waals surface area contributed by atoms with Gasteiger partial charge in [0.2, 0.25) is 0 Å². The van der Waals surface area contributed by atoms with Gasteiger partial charge in [-0.05, 0) is 5.92 Å². The van der Waals surface area contributed by atoms with Crippen LogP contribution < -0.4 is 0 Å². The number of hydrogen-bond acceptors (Lipinski definition) is 7. The molecule has 0 aliphatic carbocycles. The van der Waals surface area contributed by atoms with Crippen LogP contribution in [0.15, 0.2) is 0 Å². The molecular weight excluding hydrogens is 292 g/mol. The van der Waals surface area contributed by atoms with Crippen molar-refractivity contribution in [2.75, 3.05) is 12.4 Å². The van der Waals surface area contributed by atoms with Gasteiger partial charge >= 0.3 is 0 Å². The third-order valence-corrected chi connectivity index (χ3v) is 4.04. The smallest absolute Gasteiger partial charge is 0.267 e. The molecule has 8 nitrogen and oxygen atoms in total. The molecule has 1 aliphatic heterocycles. The van der Waals surface area contributed by atoms with Gasteiger partial charge in [-0.25, -0.2) is 0 Å². The Morgan fingerprint density at radius 3 is 2.30 bits per heavy atom. The van der Waals surface area contributed by atoms with Gasteiger partial charge in [0.05, 0.1) is 6.61 Å². The summed E-state index contributed by atoms with van der Waals surface area (Å²) in [5, 5.41) is 29.1. The standard InChI is InChI=1S/C11H22O8S/c1-3-6(2)4-18-11-10(14)9(13)8(12)7(19-11)5-20(15,16)17/h6-14H,3-5H2,1-2H3,(H,15,16,17)/t6?,7?,8-,9+,10?,11-/m0/s1. The van der Waals surface area contributed by atoms with Gasteiger partial charge in [0, 0.05) is 0 Å². The van der Waals surface area contributed by atoms with Crippen LogP contribution in [0.4, 0.5) is 0 Å². The van der Waals surface area contributed by atoms with Gasteiger partial charge in [-0.1, -0.05) is 20.3 Å². The molecule has 3 unspecified atom stereocenters. The van der Waals surface area contributed by atoms with Crippen LogP contribution in [0.5, 0.6) is 0 Å². The highest BCUT2D eigenvalue weighted by Gasteiger charge is 2.45. The molecule has 1 heterocycles. The summed E-state index contributed by atoms with van der Waals surface area (Å²) in [5.74, 6) is -0.698. The summed E-state index contributed by atoms with van der Waals surface area (Å²) in [7, 11) is -4.39. The van der Waals surface area contributed by atoms with Crippen LogP contribution in [0.3, 0.4) is 0 Å². The predicted octanol–water partition coefficient (Wildman–Crippen LogP) is -1.26. The first-order valence-corrected chi connectivity index (χ1v) is 8.03. The summed E-state index contributed by atoms with van der Waals surface area (Å²) in [6.07, 6.45) is -6.53. The van der Waals surface area contributed by atoms with E-state index in [1.54, 1.807) is 0 Å². The molecule has 1 saturated heterocycles. The van der Waals surface area contributed by atoms with E-state index in [4.69, 9.17) is 14.0 Å². The topological polar surface area (TPSA) is 134 Å². The summed E-state index contributed by atoms with van der Waals surface area (Å²) >= 11 is 0. The second-order valence-electron chi connectivity index (χ2n) is 5.11. The Balaban J connectivity index is 2.70. The average Bonchev–Trinajstić information content (AvgIpc) is 2.36. The van der Waals surface area contributed by atoms with Crippen molar-refractivity contribution in [2.24, 2.45) is 5.92 Å². The Hall–Kier alpha value is -0.290. The van der Waals surface area contributed by atoms with Gasteiger partial charge in [-0.2, -0.15) is 8.42 Å². The molecular formula is C11H22O8S. The van der Waals surface area contributed by atoms with Crippen molar-refractivity contribution in [2.45, 2.75) is 51.0 Å². The first-order valence-electron chi connectivity index (χ1n) is 6.42. The SMILES string of the molecule is CCC(C)CO[C@H]1OC(CS(=O)(=O)O)[C@H](O)[C@@H](O)C1O. The normalized spacial score (nSPS) is 36.8. The minimum absolute atomic E-state index is 0.190. The molecule has 0 saturated carbocycles. The van der Waals surface area contributed by atoms with Crippen molar-refractivity contribution in [3.8, 4) is 0 Å². The van der Waals surface area contributed by atoms with E-state index in [-0.39, 0.29) is 12.5 Å². The van der Waals surface area contributed by atoms with E-state index < -0.39 is 46.6 Å². The van der Waals surface area contributed by atoms with E-state index in [2.05, 4.69) is 0 Å². The van der Waals surface area contributed by atoms with Gasteiger partial charge < -0.3 is 24.8 Å². The highest BCUT2D eigenvalue weighted by Crippen LogP contribution is 2.23. The zero-order chi connectivity index (χ0) is 15.5. The van der Waals surface area contributed by atoms with Gasteiger partial charge in [0.15, 0.2) is 6.29 Å². The Labute approximate surface area is 118 Å². The maximum Gasteiger partial charge on any atom is 0.267 e. The molecule has 1 rings (SSSR count). The van der Waals surface area contributed by atoms with Gasteiger partial charge in [-0.15, -0.1) is 0 Å². The maximum atomic E-state index is 10.8. The molecule has 0 radical (unpaired) electrons. The van der Waals surface area contributed by atoms with Crippen LogP contribution >= 0.6 is 0 Å². The lowest BCUT2D eigenvalue weighted by molar-refractivity contribution is -0.294. The maximum absolute atomic E-state index is 10.8. The third-order valence-electron chi connectivity index (χ3n) is 3.29. The minimum Gasteiger partial charge on any atom is -0.388 e. The monoisotopic (exact) mass is 314 g/mol. The molecule has 4 N–H and O–H groups in total. The van der Waals surface area contributed by atoms with E-state index in [0.717, 1.165) is 6.42 Å². The number of ether oxygens (including phenoxy) is 2. The molecule has 20 heavy (non-hydrogen) atoms. The lowest BCUT2D eigenvalue weighted by Gasteiger charge is -2.40. The number of hydrogen-bond donors (Lipinski definition) is 4. The van der Waals surface area contributed by atoms with Crippen molar-refractivity contribution < 1.29 is 37.8 Å². The lowest BCUT2D eigenvalue weighted by Crippen LogP contribution is -2.59. The van der Waals surface area contributed by atoms with E-state index >= 15 is 0 Å². The zero-order valence-electron chi connectivity index (χ0n) is 11.4. The average molecular weight is 314 g/mol. The Morgan fingerprint density at radius 2 is 1.80 bits per heavy atom. The van der Waals surface area contributed by atoms with Gasteiger partial charge in [0.1, 0.15) is 30.2 Å². The Bertz CT molecular complexity index is 397. The van der Waals surface area contributed by atoms with Crippen molar-refractivity contribution in [1.29, 1.82) is 0 Å². The highest BCUT2D eigenvalue weighted by molar-refractivity contribution is 7.85. The highest BCUT2D eigenvalue weighted by atomic mass is 32.2. The molecule has 6 atom stereocenters. The van der Waals surface area contributed by atoms with Gasteiger partial charge in [0.25, 0.3) is 10.1 Å². The van der Waals surface area contributed by atoms with Crippen LogP contribution in [0.2, 0.25) is 0 Å². The molecule has 0 aromatic heterocycles. The molecule has 0 bridgehead atoms. The van der Waals surface area contributed by atoms with Crippen molar-refractivity contribution in [3.05, 3.63) is 0 Å². The Morgan fingerprint density at radius 1 is 1.20 bits per heavy atom. The second-order valence-corrected chi connectivity index (χ2v) is 6.61. The van der Waals surface area contributed by atoms with Crippen LogP contribution in [0.25, 0.3) is 0 Å². The fourth-order valence-electron chi connectivity index (χ4n) is 1.78. The first-order chi connectivity index (χ1) is 9.15. The van der Waals surface area contributed by atoms with E-state index in [9.17, 15) is 23.7 Å². The van der Waals surface area contributed by atoms with E-state index in [0.29, 0.717) is 0 Å². The fraction of sp³-hybridized carbons (Fsp3) is 1.00. The molecule has 0 spiro atoms. The van der Waals surface area contributed by atoms with Crippen LogP contribution in [0.1, 0.15) is 20.3 Å². The molecule has 120 valence electrons. The summed E-state index contributed by atoms with van der Waals surface area (Å²) in [6, 6.07) is 0. The third kappa shape index (κ3) is 4.92. The van der Waals surface area contributed by atoms with Crippen molar-refractivity contribution in [1.82, 2.24) is 0 Å². The minimum atomic E-state index is -4.39. The molecule has 1 fully saturated rings. The molecule has 1 aliphatic rings. The number of aliphatic hydroxyl groups is 3. The van der Waals surface area contributed by atoms with Gasteiger partial charge in [-0.3, -0.25) is 4.55 Å². The zero-order valence-corrected chi connectivity index (χ0v) is 12.2. The van der Waals surface area contributed by atoms with Crippen LogP contribution in [0, 0.1) is 5.92 Å². The molecule has 0 aromatic rings. The number of aliphatic hydroxyl groups excluding tert-OH is 3. The lowest BCUT2D eigenvalue weighted by atomic mass is 10.00. The van der Waals surface area contributed by atoms with Crippen molar-refractivity contribution >= 4 is 10.1 Å². The van der Waals surface area contributed by atoms with Crippen LogP contribution in [-0.4, -0.2) is 71.4 Å². The molecule has 0 aromatic carbocycles. The Kier molecular flexibility index (Phi) is 6.32. The molecule has 9 heteroatoms. The second kappa shape index (κ2) is 7.12.